The van der Waals surface area contributed by atoms with Gasteiger partial charge in [0.2, 0.25) is 0 Å². The predicted octanol–water partition coefficient (Wildman–Crippen LogP) is 5.19. The Hall–Kier alpha value is -4.24. The Morgan fingerprint density at radius 1 is 1.03 bits per heavy atom. The van der Waals surface area contributed by atoms with Gasteiger partial charge in [0.1, 0.15) is 18.2 Å². The van der Waals surface area contributed by atoms with Gasteiger partial charge in [-0.2, -0.15) is 5.26 Å². The molecule has 0 spiro atoms. The molecule has 33 heavy (non-hydrogen) atoms. The number of amides is 1. The molecule has 0 fully saturated rings. The fourth-order valence-corrected chi connectivity index (χ4v) is 3.10. The van der Waals surface area contributed by atoms with Crippen LogP contribution in [-0.4, -0.2) is 27.1 Å². The molecule has 0 unspecified atom stereocenters. The lowest BCUT2D eigenvalue weighted by Gasteiger charge is -2.13. The molecule has 0 saturated heterocycles. The van der Waals surface area contributed by atoms with Gasteiger partial charge in [-0.15, -0.1) is 0 Å². The highest BCUT2D eigenvalue weighted by atomic mass is 16.5. The van der Waals surface area contributed by atoms with Crippen molar-refractivity contribution in [3.63, 3.8) is 0 Å². The SMILES string of the molecule is COc1cc(/C=C(/C#N)C(=O)Nc2ccc(N(C)C)cc2)ccc1OCc1ccc(C)cc1. The molecular formula is C27H27N3O3. The number of carbonyl (C=O) groups excluding carboxylic acids is 1. The normalized spacial score (nSPS) is 10.8. The molecule has 3 aromatic rings. The number of benzene rings is 3. The Labute approximate surface area is 194 Å². The number of methoxy groups -OCH3 is 1. The third-order valence-electron chi connectivity index (χ3n) is 5.02. The summed E-state index contributed by atoms with van der Waals surface area (Å²) in [6, 6.07) is 22.8. The van der Waals surface area contributed by atoms with Crippen LogP contribution in [0.4, 0.5) is 11.4 Å². The number of carbonyl (C=O) groups is 1. The molecule has 0 aliphatic heterocycles. The molecule has 3 rings (SSSR count). The maximum atomic E-state index is 12.6. The van der Waals surface area contributed by atoms with Gasteiger partial charge in [-0.25, -0.2) is 0 Å². The van der Waals surface area contributed by atoms with E-state index in [4.69, 9.17) is 9.47 Å². The van der Waals surface area contributed by atoms with Crippen molar-refractivity contribution in [1.29, 1.82) is 5.26 Å². The van der Waals surface area contributed by atoms with Crippen molar-refractivity contribution in [3.8, 4) is 17.6 Å². The van der Waals surface area contributed by atoms with Gasteiger partial charge >= 0.3 is 0 Å². The van der Waals surface area contributed by atoms with Gasteiger partial charge in [0, 0.05) is 25.5 Å². The summed E-state index contributed by atoms with van der Waals surface area (Å²) in [4.78, 5) is 14.6. The summed E-state index contributed by atoms with van der Waals surface area (Å²) in [5.41, 5.74) is 4.51. The second-order valence-electron chi connectivity index (χ2n) is 7.75. The van der Waals surface area contributed by atoms with Crippen molar-refractivity contribution < 1.29 is 14.3 Å². The molecule has 0 heterocycles. The summed E-state index contributed by atoms with van der Waals surface area (Å²) in [6.07, 6.45) is 1.52. The summed E-state index contributed by atoms with van der Waals surface area (Å²) in [5, 5.41) is 12.3. The number of aryl methyl sites for hydroxylation is 1. The Morgan fingerprint density at radius 3 is 2.33 bits per heavy atom. The van der Waals surface area contributed by atoms with Gasteiger partial charge in [-0.1, -0.05) is 35.9 Å². The zero-order valence-corrected chi connectivity index (χ0v) is 19.3. The van der Waals surface area contributed by atoms with Crippen LogP contribution < -0.4 is 19.7 Å². The molecule has 6 heteroatoms. The number of nitrogens with zero attached hydrogens (tertiary/aromatic N) is 2. The molecule has 0 radical (unpaired) electrons. The smallest absolute Gasteiger partial charge is 0.266 e. The van der Waals surface area contributed by atoms with E-state index in [0.717, 1.165) is 11.3 Å². The minimum Gasteiger partial charge on any atom is -0.493 e. The molecule has 0 aromatic heterocycles. The Bertz CT molecular complexity index is 1170. The predicted molar refractivity (Wildman–Crippen MR) is 131 cm³/mol. The van der Waals surface area contributed by atoms with Crippen molar-refractivity contribution >= 4 is 23.4 Å². The van der Waals surface area contributed by atoms with Crippen LogP contribution in [0.15, 0.2) is 72.3 Å². The first-order valence-corrected chi connectivity index (χ1v) is 10.5. The molecule has 0 aliphatic rings. The number of hydrogen-bond acceptors (Lipinski definition) is 5. The average Bonchev–Trinajstić information content (AvgIpc) is 2.82. The maximum Gasteiger partial charge on any atom is 0.266 e. The van der Waals surface area contributed by atoms with Crippen molar-refractivity contribution in [3.05, 3.63) is 89.0 Å². The van der Waals surface area contributed by atoms with Crippen LogP contribution in [0.1, 0.15) is 16.7 Å². The summed E-state index contributed by atoms with van der Waals surface area (Å²) < 4.78 is 11.4. The highest BCUT2D eigenvalue weighted by Gasteiger charge is 2.12. The van der Waals surface area contributed by atoms with Crippen LogP contribution >= 0.6 is 0 Å². The zero-order chi connectivity index (χ0) is 23.8. The zero-order valence-electron chi connectivity index (χ0n) is 19.3. The highest BCUT2D eigenvalue weighted by molar-refractivity contribution is 6.09. The number of anilines is 2. The standard InChI is InChI=1S/C27H27N3O3/c1-19-5-7-20(8-6-19)18-33-25-14-9-21(16-26(25)32-4)15-22(17-28)27(31)29-23-10-12-24(13-11-23)30(2)3/h5-16H,18H2,1-4H3,(H,29,31)/b22-15-. The van der Waals surface area contributed by atoms with Crippen LogP contribution in [0, 0.1) is 18.3 Å². The monoisotopic (exact) mass is 441 g/mol. The molecule has 1 amide bonds. The summed E-state index contributed by atoms with van der Waals surface area (Å²) >= 11 is 0. The third kappa shape index (κ3) is 6.37. The number of rotatable bonds is 8. The van der Waals surface area contributed by atoms with Crippen LogP contribution in [0.25, 0.3) is 6.08 Å². The average molecular weight is 442 g/mol. The molecule has 0 aliphatic carbocycles. The first kappa shape index (κ1) is 23.4. The summed E-state index contributed by atoms with van der Waals surface area (Å²) in [6.45, 7) is 2.45. The van der Waals surface area contributed by atoms with Crippen LogP contribution in [0.2, 0.25) is 0 Å². The van der Waals surface area contributed by atoms with E-state index in [0.29, 0.717) is 29.4 Å². The van der Waals surface area contributed by atoms with Gasteiger partial charge in [-0.05, 0) is 60.5 Å². The van der Waals surface area contributed by atoms with Crippen molar-refractivity contribution in [1.82, 2.24) is 0 Å². The second kappa shape index (κ2) is 10.9. The third-order valence-corrected chi connectivity index (χ3v) is 5.02. The highest BCUT2D eigenvalue weighted by Crippen LogP contribution is 2.30. The Kier molecular flexibility index (Phi) is 7.72. The fourth-order valence-electron chi connectivity index (χ4n) is 3.10. The van der Waals surface area contributed by atoms with Gasteiger partial charge in [0.15, 0.2) is 11.5 Å². The van der Waals surface area contributed by atoms with E-state index in [9.17, 15) is 10.1 Å². The minimum absolute atomic E-state index is 0.0120. The number of hydrogen-bond donors (Lipinski definition) is 1. The van der Waals surface area contributed by atoms with Crippen molar-refractivity contribution in [2.45, 2.75) is 13.5 Å². The quantitative estimate of drug-likeness (QED) is 0.384. The summed E-state index contributed by atoms with van der Waals surface area (Å²) in [5.74, 6) is 0.626. The minimum atomic E-state index is -0.478. The van der Waals surface area contributed by atoms with E-state index in [2.05, 4.69) is 5.32 Å². The lowest BCUT2D eigenvalue weighted by Crippen LogP contribution is -2.14. The Morgan fingerprint density at radius 2 is 1.73 bits per heavy atom. The van der Waals surface area contributed by atoms with E-state index >= 15 is 0 Å². The number of ether oxygens (including phenoxy) is 2. The van der Waals surface area contributed by atoms with Gasteiger partial charge in [-0.3, -0.25) is 4.79 Å². The van der Waals surface area contributed by atoms with E-state index in [1.54, 1.807) is 37.4 Å². The van der Waals surface area contributed by atoms with E-state index in [1.165, 1.54) is 11.6 Å². The van der Waals surface area contributed by atoms with E-state index in [1.807, 2.05) is 68.4 Å². The largest absolute Gasteiger partial charge is 0.493 e. The first-order valence-electron chi connectivity index (χ1n) is 10.5. The summed E-state index contributed by atoms with van der Waals surface area (Å²) in [7, 11) is 5.44. The molecule has 0 atom stereocenters. The maximum absolute atomic E-state index is 12.6. The van der Waals surface area contributed by atoms with Crippen LogP contribution in [0.5, 0.6) is 11.5 Å². The lowest BCUT2D eigenvalue weighted by atomic mass is 10.1. The topological polar surface area (TPSA) is 74.6 Å². The molecule has 6 nitrogen and oxygen atoms in total. The van der Waals surface area contributed by atoms with Crippen LogP contribution in [-0.2, 0) is 11.4 Å². The molecule has 0 saturated carbocycles. The number of nitriles is 1. The van der Waals surface area contributed by atoms with Gasteiger partial charge in [0.25, 0.3) is 5.91 Å². The van der Waals surface area contributed by atoms with E-state index < -0.39 is 5.91 Å². The molecule has 1 N–H and O–H groups in total. The lowest BCUT2D eigenvalue weighted by molar-refractivity contribution is -0.112. The van der Waals surface area contributed by atoms with Crippen molar-refractivity contribution in [2.24, 2.45) is 0 Å². The number of nitrogens with one attached hydrogen (secondary N) is 1. The Balaban J connectivity index is 1.72. The molecule has 168 valence electrons. The molecule has 0 bridgehead atoms. The van der Waals surface area contributed by atoms with Gasteiger partial charge < -0.3 is 19.7 Å². The van der Waals surface area contributed by atoms with Crippen LogP contribution in [0.3, 0.4) is 0 Å². The fraction of sp³-hybridized carbons (Fsp3) is 0.185. The van der Waals surface area contributed by atoms with E-state index in [-0.39, 0.29) is 5.57 Å². The second-order valence-corrected chi connectivity index (χ2v) is 7.75. The molecule has 3 aromatic carbocycles. The first-order chi connectivity index (χ1) is 15.9. The van der Waals surface area contributed by atoms with Crippen molar-refractivity contribution in [2.75, 3.05) is 31.4 Å². The van der Waals surface area contributed by atoms with Gasteiger partial charge in [0.05, 0.1) is 7.11 Å². The molecular weight excluding hydrogens is 414 g/mol.